The molecule has 0 radical (unpaired) electrons. The molecule has 0 bridgehead atoms. The van der Waals surface area contributed by atoms with E-state index >= 15 is 0 Å². The molecule has 5 nitrogen and oxygen atoms in total. The second kappa shape index (κ2) is 7.93. The summed E-state index contributed by atoms with van der Waals surface area (Å²) < 4.78 is 17.4. The van der Waals surface area contributed by atoms with Gasteiger partial charge in [0.2, 0.25) is 5.91 Å². The molecule has 2 rings (SSSR count). The Labute approximate surface area is 133 Å². The van der Waals surface area contributed by atoms with E-state index in [0.29, 0.717) is 17.8 Å². The highest BCUT2D eigenvalue weighted by Gasteiger charge is 2.07. The van der Waals surface area contributed by atoms with Crippen molar-refractivity contribution in [2.75, 3.05) is 24.3 Å². The molecule has 6 heteroatoms. The average Bonchev–Trinajstić information content (AvgIpc) is 2.56. The van der Waals surface area contributed by atoms with Gasteiger partial charge < -0.3 is 15.4 Å². The number of hydrogen-bond donors (Lipinski definition) is 2. The minimum atomic E-state index is -0.459. The number of nitrogens with one attached hydrogen (secondary N) is 2. The summed E-state index contributed by atoms with van der Waals surface area (Å²) in [5, 5.41) is 5.74. The molecule has 2 N–H and O–H groups in total. The largest absolute Gasteiger partial charge is 0.465 e. The van der Waals surface area contributed by atoms with Gasteiger partial charge in [-0.1, -0.05) is 6.07 Å². The van der Waals surface area contributed by atoms with Crippen molar-refractivity contribution >= 4 is 23.3 Å². The summed E-state index contributed by atoms with van der Waals surface area (Å²) in [6.07, 6.45) is 0.236. The van der Waals surface area contributed by atoms with Crippen molar-refractivity contribution in [1.82, 2.24) is 0 Å². The topological polar surface area (TPSA) is 67.4 Å². The molecule has 0 saturated carbocycles. The Bertz CT molecular complexity index is 686. The lowest BCUT2D eigenvalue weighted by Crippen LogP contribution is -2.16. The number of amides is 1. The molecule has 2 aromatic carbocycles. The van der Waals surface area contributed by atoms with Crippen LogP contribution in [0.3, 0.4) is 0 Å². The summed E-state index contributed by atoms with van der Waals surface area (Å²) in [6, 6.07) is 12.4. The second-order valence-electron chi connectivity index (χ2n) is 4.80. The van der Waals surface area contributed by atoms with Crippen molar-refractivity contribution in [2.24, 2.45) is 0 Å². The fraction of sp³-hybridized carbons (Fsp3) is 0.176. The fourth-order valence-corrected chi connectivity index (χ4v) is 1.95. The normalized spacial score (nSPS) is 10.0. The van der Waals surface area contributed by atoms with Gasteiger partial charge in [0.25, 0.3) is 0 Å². The highest BCUT2D eigenvalue weighted by molar-refractivity contribution is 5.94. The van der Waals surface area contributed by atoms with Crippen LogP contribution in [-0.4, -0.2) is 25.5 Å². The summed E-state index contributed by atoms with van der Waals surface area (Å²) in [5.41, 5.74) is 1.64. The van der Waals surface area contributed by atoms with Crippen molar-refractivity contribution in [3.63, 3.8) is 0 Å². The molecule has 2 aromatic rings. The number of anilines is 2. The van der Waals surface area contributed by atoms with Crippen LogP contribution in [0.4, 0.5) is 15.8 Å². The van der Waals surface area contributed by atoms with Crippen LogP contribution in [0.25, 0.3) is 0 Å². The highest BCUT2D eigenvalue weighted by Crippen LogP contribution is 2.12. The number of methoxy groups -OCH3 is 1. The monoisotopic (exact) mass is 316 g/mol. The molecule has 0 aromatic heterocycles. The van der Waals surface area contributed by atoms with Crippen molar-refractivity contribution in [1.29, 1.82) is 0 Å². The molecule has 0 aliphatic heterocycles. The van der Waals surface area contributed by atoms with Gasteiger partial charge in [-0.15, -0.1) is 0 Å². The Morgan fingerprint density at radius 1 is 1.09 bits per heavy atom. The van der Waals surface area contributed by atoms with Crippen molar-refractivity contribution in [2.45, 2.75) is 6.42 Å². The van der Waals surface area contributed by atoms with Crippen LogP contribution in [0.2, 0.25) is 0 Å². The smallest absolute Gasteiger partial charge is 0.337 e. The van der Waals surface area contributed by atoms with Gasteiger partial charge in [0.1, 0.15) is 5.82 Å². The van der Waals surface area contributed by atoms with Crippen LogP contribution < -0.4 is 10.6 Å². The van der Waals surface area contributed by atoms with Gasteiger partial charge in [-0.25, -0.2) is 9.18 Å². The SMILES string of the molecule is COC(=O)c1cccc(NC(=O)CCNc2ccc(F)cc2)c1. The maximum absolute atomic E-state index is 12.8. The molecular formula is C17H17FN2O3. The van der Waals surface area contributed by atoms with E-state index in [9.17, 15) is 14.0 Å². The lowest BCUT2D eigenvalue weighted by atomic mass is 10.2. The zero-order valence-electron chi connectivity index (χ0n) is 12.6. The van der Waals surface area contributed by atoms with Crippen LogP contribution in [0.1, 0.15) is 16.8 Å². The number of carbonyl (C=O) groups is 2. The molecule has 23 heavy (non-hydrogen) atoms. The number of benzene rings is 2. The Balaban J connectivity index is 1.82. The van der Waals surface area contributed by atoms with Crippen LogP contribution in [0.5, 0.6) is 0 Å². The van der Waals surface area contributed by atoms with E-state index in [2.05, 4.69) is 15.4 Å². The molecule has 0 fully saturated rings. The lowest BCUT2D eigenvalue weighted by molar-refractivity contribution is -0.115. The first kappa shape index (κ1) is 16.5. The zero-order valence-corrected chi connectivity index (χ0v) is 12.6. The Hall–Kier alpha value is -2.89. The summed E-state index contributed by atoms with van der Waals surface area (Å²) in [6.45, 7) is 0.411. The predicted molar refractivity (Wildman–Crippen MR) is 85.9 cm³/mol. The average molecular weight is 316 g/mol. The first-order chi connectivity index (χ1) is 11.1. The van der Waals surface area contributed by atoms with E-state index in [1.807, 2.05) is 0 Å². The van der Waals surface area contributed by atoms with Gasteiger partial charge in [-0.2, -0.15) is 0 Å². The Kier molecular flexibility index (Phi) is 5.68. The lowest BCUT2D eigenvalue weighted by Gasteiger charge is -2.08. The second-order valence-corrected chi connectivity index (χ2v) is 4.80. The first-order valence-corrected chi connectivity index (χ1v) is 7.06. The quantitative estimate of drug-likeness (QED) is 0.804. The highest BCUT2D eigenvalue weighted by atomic mass is 19.1. The molecule has 0 unspecified atom stereocenters. The summed E-state index contributed by atoms with van der Waals surface area (Å²) in [4.78, 5) is 23.3. The van der Waals surface area contributed by atoms with Crippen molar-refractivity contribution in [3.05, 3.63) is 59.9 Å². The van der Waals surface area contributed by atoms with E-state index in [1.165, 1.54) is 19.2 Å². The third-order valence-corrected chi connectivity index (χ3v) is 3.09. The number of halogens is 1. The number of rotatable bonds is 6. The zero-order chi connectivity index (χ0) is 16.7. The Morgan fingerprint density at radius 2 is 1.83 bits per heavy atom. The van der Waals surface area contributed by atoms with Gasteiger partial charge in [-0.05, 0) is 42.5 Å². The van der Waals surface area contributed by atoms with Crippen LogP contribution in [-0.2, 0) is 9.53 Å². The third kappa shape index (κ3) is 5.10. The summed E-state index contributed by atoms with van der Waals surface area (Å²) in [7, 11) is 1.30. The van der Waals surface area contributed by atoms with Crippen molar-refractivity contribution < 1.29 is 18.7 Å². The van der Waals surface area contributed by atoms with Crippen LogP contribution in [0.15, 0.2) is 48.5 Å². The van der Waals surface area contributed by atoms with E-state index in [4.69, 9.17) is 0 Å². The number of esters is 1. The maximum Gasteiger partial charge on any atom is 0.337 e. The van der Waals surface area contributed by atoms with Gasteiger partial charge in [0.15, 0.2) is 0 Å². The Morgan fingerprint density at radius 3 is 2.52 bits per heavy atom. The van der Waals surface area contributed by atoms with Gasteiger partial charge in [0.05, 0.1) is 12.7 Å². The first-order valence-electron chi connectivity index (χ1n) is 7.06. The molecule has 0 aliphatic rings. The molecular weight excluding hydrogens is 299 g/mol. The molecule has 120 valence electrons. The van der Waals surface area contributed by atoms with Crippen molar-refractivity contribution in [3.8, 4) is 0 Å². The summed E-state index contributed by atoms with van der Waals surface area (Å²) >= 11 is 0. The standard InChI is InChI=1S/C17H17FN2O3/c1-23-17(22)12-3-2-4-15(11-12)20-16(21)9-10-19-14-7-5-13(18)6-8-14/h2-8,11,19H,9-10H2,1H3,(H,20,21). The fourth-order valence-electron chi connectivity index (χ4n) is 1.95. The number of ether oxygens (including phenoxy) is 1. The van der Waals surface area contributed by atoms with Gasteiger partial charge in [-0.3, -0.25) is 4.79 Å². The van der Waals surface area contributed by atoms with Gasteiger partial charge >= 0.3 is 5.97 Å². The minimum Gasteiger partial charge on any atom is -0.465 e. The van der Waals surface area contributed by atoms with E-state index in [-0.39, 0.29) is 18.1 Å². The van der Waals surface area contributed by atoms with E-state index < -0.39 is 5.97 Å². The van der Waals surface area contributed by atoms with Gasteiger partial charge in [0, 0.05) is 24.3 Å². The number of hydrogen-bond acceptors (Lipinski definition) is 4. The van der Waals surface area contributed by atoms with E-state index in [0.717, 1.165) is 5.69 Å². The molecule has 0 atom stereocenters. The molecule has 1 amide bonds. The third-order valence-electron chi connectivity index (χ3n) is 3.09. The maximum atomic E-state index is 12.8. The van der Waals surface area contributed by atoms with Crippen LogP contribution >= 0.6 is 0 Å². The predicted octanol–water partition coefficient (Wildman–Crippen LogP) is 3.05. The summed E-state index contributed by atoms with van der Waals surface area (Å²) in [5.74, 6) is -0.959. The van der Waals surface area contributed by atoms with Crippen LogP contribution in [0, 0.1) is 5.82 Å². The number of carbonyl (C=O) groups excluding carboxylic acids is 2. The molecule has 0 spiro atoms. The molecule has 0 aliphatic carbocycles. The minimum absolute atomic E-state index is 0.193. The molecule has 0 saturated heterocycles. The molecule has 0 heterocycles. The van der Waals surface area contributed by atoms with E-state index in [1.54, 1.807) is 36.4 Å².